The number of carbonyl (C=O) groups is 3. The Balaban J connectivity index is 4.21. The molecule has 0 aliphatic rings. The maximum atomic E-state index is 12.9. The van der Waals surface area contributed by atoms with E-state index >= 15 is 0 Å². The predicted octanol–water partition coefficient (Wildman–Crippen LogP) is 23.2. The lowest BCUT2D eigenvalue weighted by molar-refractivity contribution is -0.167. The van der Waals surface area contributed by atoms with Crippen LogP contribution >= 0.6 is 0 Å². The first kappa shape index (κ1) is 75.3. The third-order valence-electron chi connectivity index (χ3n) is 14.6. The van der Waals surface area contributed by atoms with Gasteiger partial charge < -0.3 is 14.2 Å². The van der Waals surface area contributed by atoms with Gasteiger partial charge in [0.1, 0.15) is 13.2 Å². The first-order valence-corrected chi connectivity index (χ1v) is 33.7. The van der Waals surface area contributed by atoms with E-state index in [9.17, 15) is 14.4 Å². The van der Waals surface area contributed by atoms with Crippen LogP contribution in [0.25, 0.3) is 0 Å². The van der Waals surface area contributed by atoms with E-state index < -0.39 is 6.10 Å². The van der Waals surface area contributed by atoms with E-state index in [-0.39, 0.29) is 31.1 Å². The van der Waals surface area contributed by atoms with Crippen molar-refractivity contribution >= 4 is 17.9 Å². The molecule has 0 radical (unpaired) electrons. The van der Waals surface area contributed by atoms with E-state index in [1.807, 2.05) is 0 Å². The van der Waals surface area contributed by atoms with Crippen molar-refractivity contribution in [2.75, 3.05) is 13.2 Å². The lowest BCUT2D eigenvalue weighted by Gasteiger charge is -2.18. The van der Waals surface area contributed by atoms with Crippen LogP contribution in [0.4, 0.5) is 0 Å². The second kappa shape index (κ2) is 66.8. The highest BCUT2D eigenvalue weighted by molar-refractivity contribution is 5.71. The summed E-state index contributed by atoms with van der Waals surface area (Å²) in [7, 11) is 0. The van der Waals surface area contributed by atoms with Crippen molar-refractivity contribution in [3.63, 3.8) is 0 Å². The zero-order chi connectivity index (χ0) is 57.1. The summed E-state index contributed by atoms with van der Waals surface area (Å²) in [6, 6.07) is 0. The van der Waals surface area contributed by atoms with Gasteiger partial charge in [0.2, 0.25) is 0 Å². The van der Waals surface area contributed by atoms with Crippen LogP contribution in [0.15, 0.2) is 97.2 Å². The van der Waals surface area contributed by atoms with Crippen molar-refractivity contribution in [2.45, 2.75) is 335 Å². The number of allylic oxidation sites excluding steroid dienone is 16. The minimum absolute atomic E-state index is 0.0771. The van der Waals surface area contributed by atoms with Crippen molar-refractivity contribution < 1.29 is 28.6 Å². The molecule has 454 valence electrons. The highest BCUT2D eigenvalue weighted by atomic mass is 16.6. The summed E-state index contributed by atoms with van der Waals surface area (Å²) in [6.45, 7) is 6.44. The molecular weight excluding hydrogens is 973 g/mol. The number of esters is 3. The molecule has 0 aliphatic carbocycles. The minimum atomic E-state index is -0.781. The van der Waals surface area contributed by atoms with Crippen LogP contribution in [0.5, 0.6) is 0 Å². The predicted molar refractivity (Wildman–Crippen MR) is 344 cm³/mol. The Morgan fingerprint density at radius 3 is 0.772 bits per heavy atom. The highest BCUT2D eigenvalue weighted by Gasteiger charge is 2.19. The summed E-state index contributed by atoms with van der Waals surface area (Å²) in [5.41, 5.74) is 0. The standard InChI is InChI=1S/C73H126O6/c1-4-7-10-13-16-19-22-25-27-29-30-31-32-33-34-35-36-37-38-39-40-41-42-44-45-48-51-54-57-60-63-66-72(75)78-69-70(68-77-71(74)65-62-59-56-53-50-47-24-21-18-15-12-9-6-3)79-73(76)67-64-61-58-55-52-49-46-43-28-26-23-20-17-14-11-8-5-2/h7-8,10-11,16-17,19-20,25-28,30-31,33-34,70H,4-6,9,12-15,18,21-24,29,32,35-69H2,1-3H3/b10-7-,11-8-,19-16-,20-17-,27-25-,28-26-,31-30-,34-33-. The summed E-state index contributed by atoms with van der Waals surface area (Å²) in [5, 5.41) is 0. The Morgan fingerprint density at radius 2 is 0.494 bits per heavy atom. The van der Waals surface area contributed by atoms with E-state index in [0.29, 0.717) is 19.3 Å². The molecule has 1 unspecified atom stereocenters. The number of unbranched alkanes of at least 4 members (excludes halogenated alkanes) is 34. The molecule has 0 fully saturated rings. The number of carbonyl (C=O) groups excluding carboxylic acids is 3. The fourth-order valence-corrected chi connectivity index (χ4v) is 9.60. The Kier molecular flexibility index (Phi) is 63.7. The molecule has 1 atom stereocenters. The molecule has 0 heterocycles. The summed E-state index contributed by atoms with van der Waals surface area (Å²) < 4.78 is 16.9. The van der Waals surface area contributed by atoms with Crippen molar-refractivity contribution in [3.05, 3.63) is 97.2 Å². The van der Waals surface area contributed by atoms with Crippen LogP contribution in [0, 0.1) is 0 Å². The van der Waals surface area contributed by atoms with Gasteiger partial charge in [0.25, 0.3) is 0 Å². The average Bonchev–Trinajstić information content (AvgIpc) is 3.45. The molecule has 79 heavy (non-hydrogen) atoms. The largest absolute Gasteiger partial charge is 0.462 e. The molecule has 0 amide bonds. The summed E-state index contributed by atoms with van der Waals surface area (Å²) >= 11 is 0. The topological polar surface area (TPSA) is 78.9 Å². The quantitative estimate of drug-likeness (QED) is 0.0261. The van der Waals surface area contributed by atoms with Gasteiger partial charge in [0, 0.05) is 19.3 Å². The van der Waals surface area contributed by atoms with Gasteiger partial charge in [-0.25, -0.2) is 0 Å². The van der Waals surface area contributed by atoms with Crippen molar-refractivity contribution in [3.8, 4) is 0 Å². The number of hydrogen-bond acceptors (Lipinski definition) is 6. The fourth-order valence-electron chi connectivity index (χ4n) is 9.60. The van der Waals surface area contributed by atoms with Crippen LogP contribution in [-0.4, -0.2) is 37.2 Å². The molecule has 0 rings (SSSR count). The zero-order valence-corrected chi connectivity index (χ0v) is 52.1. The average molecular weight is 1100 g/mol. The first-order valence-electron chi connectivity index (χ1n) is 33.7. The molecule has 0 aromatic heterocycles. The Labute approximate surface area is 489 Å². The van der Waals surface area contributed by atoms with Gasteiger partial charge in [-0.15, -0.1) is 0 Å². The lowest BCUT2D eigenvalue weighted by atomic mass is 10.0. The van der Waals surface area contributed by atoms with Crippen LogP contribution in [0.2, 0.25) is 0 Å². The van der Waals surface area contributed by atoms with Gasteiger partial charge in [-0.1, -0.05) is 311 Å². The molecule has 0 N–H and O–H groups in total. The molecule has 0 saturated carbocycles. The molecule has 6 heteroatoms. The van der Waals surface area contributed by atoms with E-state index in [1.54, 1.807) is 0 Å². The molecule has 0 saturated heterocycles. The molecule has 0 aromatic carbocycles. The Morgan fingerprint density at radius 1 is 0.266 bits per heavy atom. The van der Waals surface area contributed by atoms with Crippen LogP contribution in [0.1, 0.15) is 329 Å². The molecule has 6 nitrogen and oxygen atoms in total. The molecule has 0 spiro atoms. The van der Waals surface area contributed by atoms with Crippen molar-refractivity contribution in [2.24, 2.45) is 0 Å². The molecule has 0 aliphatic heterocycles. The lowest BCUT2D eigenvalue weighted by Crippen LogP contribution is -2.30. The second-order valence-electron chi connectivity index (χ2n) is 22.3. The highest BCUT2D eigenvalue weighted by Crippen LogP contribution is 2.17. The maximum absolute atomic E-state index is 12.9. The Bertz CT molecular complexity index is 1540. The normalized spacial score (nSPS) is 12.7. The summed E-state index contributed by atoms with van der Waals surface area (Å²) in [6.07, 6.45) is 90.0. The molecular formula is C73H126O6. The van der Waals surface area contributed by atoms with Crippen molar-refractivity contribution in [1.29, 1.82) is 0 Å². The van der Waals surface area contributed by atoms with Gasteiger partial charge in [-0.3, -0.25) is 14.4 Å². The zero-order valence-electron chi connectivity index (χ0n) is 52.1. The minimum Gasteiger partial charge on any atom is -0.462 e. The van der Waals surface area contributed by atoms with E-state index in [2.05, 4.69) is 118 Å². The number of hydrogen-bond donors (Lipinski definition) is 0. The van der Waals surface area contributed by atoms with Crippen LogP contribution < -0.4 is 0 Å². The monoisotopic (exact) mass is 1100 g/mol. The smallest absolute Gasteiger partial charge is 0.306 e. The second-order valence-corrected chi connectivity index (χ2v) is 22.3. The Hall–Kier alpha value is -3.67. The number of rotatable bonds is 61. The van der Waals surface area contributed by atoms with Crippen LogP contribution in [0.3, 0.4) is 0 Å². The molecule has 0 aromatic rings. The summed E-state index contributed by atoms with van der Waals surface area (Å²) in [4.78, 5) is 38.3. The SMILES string of the molecule is CC/C=C\C/C=C\C/C=C\C/C=C\C/C=C\CCCCCCCCCCCCCCCCCC(=O)OCC(COC(=O)CCCCCCCCCCCCCCC)OC(=O)CCCCCCCCC/C=C\C/C=C\C/C=C\CC. The van der Waals surface area contributed by atoms with E-state index in [0.717, 1.165) is 116 Å². The van der Waals surface area contributed by atoms with E-state index in [1.165, 1.54) is 173 Å². The molecule has 0 bridgehead atoms. The first-order chi connectivity index (χ1) is 39.0. The van der Waals surface area contributed by atoms with Gasteiger partial charge >= 0.3 is 17.9 Å². The third-order valence-corrected chi connectivity index (χ3v) is 14.6. The maximum Gasteiger partial charge on any atom is 0.306 e. The number of ether oxygens (including phenoxy) is 3. The van der Waals surface area contributed by atoms with Gasteiger partial charge in [-0.05, 0) is 96.3 Å². The van der Waals surface area contributed by atoms with Crippen LogP contribution in [-0.2, 0) is 28.6 Å². The van der Waals surface area contributed by atoms with Gasteiger partial charge in [0.05, 0.1) is 0 Å². The van der Waals surface area contributed by atoms with Gasteiger partial charge in [0.15, 0.2) is 6.10 Å². The summed E-state index contributed by atoms with van der Waals surface area (Å²) in [5.74, 6) is -0.872. The van der Waals surface area contributed by atoms with Crippen molar-refractivity contribution in [1.82, 2.24) is 0 Å². The third kappa shape index (κ3) is 65.0. The van der Waals surface area contributed by atoms with Gasteiger partial charge in [-0.2, -0.15) is 0 Å². The fraction of sp³-hybridized carbons (Fsp3) is 0.740. The van der Waals surface area contributed by atoms with E-state index in [4.69, 9.17) is 14.2 Å².